The lowest BCUT2D eigenvalue weighted by molar-refractivity contribution is -0.120. The van der Waals surface area contributed by atoms with Crippen LogP contribution in [-0.4, -0.2) is 22.8 Å². The Bertz CT molecular complexity index is 1050. The molecule has 1 aliphatic carbocycles. The molecule has 0 fully saturated rings. The van der Waals surface area contributed by atoms with Crippen LogP contribution in [0.25, 0.3) is 0 Å². The second-order valence-electron chi connectivity index (χ2n) is 8.53. The number of amides is 1. The van der Waals surface area contributed by atoms with Crippen molar-refractivity contribution in [1.82, 2.24) is 9.78 Å². The van der Waals surface area contributed by atoms with Gasteiger partial charge in [-0.3, -0.25) is 9.48 Å². The molecule has 0 saturated heterocycles. The summed E-state index contributed by atoms with van der Waals surface area (Å²) < 4.78 is 7.27. The summed E-state index contributed by atoms with van der Waals surface area (Å²) in [6, 6.07) is 14.5. The second kappa shape index (κ2) is 8.96. The van der Waals surface area contributed by atoms with Gasteiger partial charge < -0.3 is 9.64 Å². The topological polar surface area (TPSA) is 47.4 Å². The lowest BCUT2D eigenvalue weighted by atomic mass is 9.98. The molecule has 0 saturated carbocycles. The molecule has 1 unspecified atom stereocenters. The highest BCUT2D eigenvalue weighted by molar-refractivity contribution is 5.98. The first kappa shape index (κ1) is 21.2. The number of aromatic nitrogens is 2. The number of methoxy groups -OCH3 is 1. The molecule has 31 heavy (non-hydrogen) atoms. The lowest BCUT2D eigenvalue weighted by Gasteiger charge is -2.26. The van der Waals surface area contributed by atoms with Crippen molar-refractivity contribution >= 4 is 11.6 Å². The Labute approximate surface area is 184 Å². The first-order valence-electron chi connectivity index (χ1n) is 11.1. The van der Waals surface area contributed by atoms with Crippen molar-refractivity contribution in [2.45, 2.75) is 58.5 Å². The van der Waals surface area contributed by atoms with E-state index in [1.807, 2.05) is 28.0 Å². The molecule has 0 radical (unpaired) electrons. The van der Waals surface area contributed by atoms with Gasteiger partial charge in [0, 0.05) is 24.0 Å². The van der Waals surface area contributed by atoms with E-state index in [0.717, 1.165) is 42.0 Å². The lowest BCUT2D eigenvalue weighted by Crippen LogP contribution is -2.34. The zero-order valence-electron chi connectivity index (χ0n) is 18.8. The minimum Gasteiger partial charge on any atom is -0.497 e. The fourth-order valence-electron chi connectivity index (χ4n) is 4.34. The summed E-state index contributed by atoms with van der Waals surface area (Å²) >= 11 is 0. The fourth-order valence-corrected chi connectivity index (χ4v) is 4.34. The van der Waals surface area contributed by atoms with E-state index in [-0.39, 0.29) is 11.8 Å². The molecular weight excluding hydrogens is 386 g/mol. The first-order chi connectivity index (χ1) is 15.0. The molecule has 3 aromatic rings. The Kier molecular flexibility index (Phi) is 6.12. The van der Waals surface area contributed by atoms with Crippen LogP contribution in [-0.2, 0) is 24.3 Å². The summed E-state index contributed by atoms with van der Waals surface area (Å²) in [7, 11) is 1.68. The van der Waals surface area contributed by atoms with E-state index in [1.165, 1.54) is 11.1 Å². The number of nitrogens with zero attached hydrogens (tertiary/aromatic N) is 3. The van der Waals surface area contributed by atoms with Crippen LogP contribution in [0.15, 0.2) is 54.9 Å². The quantitative estimate of drug-likeness (QED) is 0.524. The predicted molar refractivity (Wildman–Crippen MR) is 124 cm³/mol. The van der Waals surface area contributed by atoms with Crippen molar-refractivity contribution in [2.24, 2.45) is 0 Å². The van der Waals surface area contributed by atoms with Crippen molar-refractivity contribution < 1.29 is 9.53 Å². The summed E-state index contributed by atoms with van der Waals surface area (Å²) in [5, 5.41) is 4.40. The Morgan fingerprint density at radius 3 is 2.65 bits per heavy atom. The van der Waals surface area contributed by atoms with Crippen molar-refractivity contribution in [1.29, 1.82) is 0 Å². The molecule has 4 rings (SSSR count). The summed E-state index contributed by atoms with van der Waals surface area (Å²) in [5.74, 6) is 1.31. The monoisotopic (exact) mass is 417 g/mol. The number of benzene rings is 2. The van der Waals surface area contributed by atoms with Crippen LogP contribution in [0.2, 0.25) is 0 Å². The van der Waals surface area contributed by atoms with Crippen LogP contribution < -0.4 is 9.64 Å². The third-order valence-electron chi connectivity index (χ3n) is 6.21. The number of fused-ring (bicyclic) bond motifs is 1. The van der Waals surface area contributed by atoms with Crippen LogP contribution in [0.1, 0.15) is 61.3 Å². The van der Waals surface area contributed by atoms with Crippen molar-refractivity contribution in [2.75, 3.05) is 12.0 Å². The van der Waals surface area contributed by atoms with Crippen LogP contribution in [0.3, 0.4) is 0 Å². The summed E-state index contributed by atoms with van der Waals surface area (Å²) in [6.07, 6.45) is 5.61. The minimum absolute atomic E-state index is 0.132. The molecule has 5 nitrogen and oxygen atoms in total. The molecule has 162 valence electrons. The largest absolute Gasteiger partial charge is 0.497 e. The maximum absolute atomic E-state index is 13.8. The normalized spacial score (nSPS) is 15.2. The van der Waals surface area contributed by atoms with Gasteiger partial charge in [-0.2, -0.15) is 5.10 Å². The maximum Gasteiger partial charge on any atom is 0.234 e. The summed E-state index contributed by atoms with van der Waals surface area (Å²) in [5.41, 5.74) is 5.58. The molecule has 1 aliphatic rings. The summed E-state index contributed by atoms with van der Waals surface area (Å²) in [4.78, 5) is 15.8. The molecule has 1 aromatic heterocycles. The van der Waals surface area contributed by atoms with E-state index in [9.17, 15) is 4.79 Å². The zero-order valence-corrected chi connectivity index (χ0v) is 18.8. The van der Waals surface area contributed by atoms with Gasteiger partial charge >= 0.3 is 0 Å². The fraction of sp³-hybridized carbons (Fsp3) is 0.385. The van der Waals surface area contributed by atoms with Crippen molar-refractivity contribution in [3.8, 4) is 5.75 Å². The second-order valence-corrected chi connectivity index (χ2v) is 8.53. The molecule has 0 spiro atoms. The van der Waals surface area contributed by atoms with E-state index in [0.29, 0.717) is 12.5 Å². The Morgan fingerprint density at radius 2 is 2.00 bits per heavy atom. The Morgan fingerprint density at radius 1 is 1.23 bits per heavy atom. The highest BCUT2D eigenvalue weighted by atomic mass is 16.5. The van der Waals surface area contributed by atoms with Crippen LogP contribution in [0.4, 0.5) is 5.69 Å². The van der Waals surface area contributed by atoms with Gasteiger partial charge in [-0.1, -0.05) is 32.0 Å². The average Bonchev–Trinajstić information content (AvgIpc) is 3.43. The Hall–Kier alpha value is -3.08. The average molecular weight is 418 g/mol. The van der Waals surface area contributed by atoms with Gasteiger partial charge in [0.05, 0.1) is 25.8 Å². The van der Waals surface area contributed by atoms with Gasteiger partial charge in [0.15, 0.2) is 0 Å². The van der Waals surface area contributed by atoms with Gasteiger partial charge in [0.1, 0.15) is 5.75 Å². The SMILES string of the molecule is CCn1cc(CN(C(=O)C2CCc3cc(OC)ccc32)c2ccc(C(C)C)cc2)cn1. The molecular formula is C26H31N3O2. The third-order valence-corrected chi connectivity index (χ3v) is 6.21. The van der Waals surface area contributed by atoms with Gasteiger partial charge in [-0.15, -0.1) is 0 Å². The molecule has 0 bridgehead atoms. The van der Waals surface area contributed by atoms with Gasteiger partial charge in [-0.25, -0.2) is 0 Å². The number of carbonyl (C=O) groups is 1. The number of hydrogen-bond donors (Lipinski definition) is 0. The number of carbonyl (C=O) groups excluding carboxylic acids is 1. The molecule has 0 N–H and O–H groups in total. The third kappa shape index (κ3) is 4.36. The van der Waals surface area contributed by atoms with E-state index in [2.05, 4.69) is 62.3 Å². The minimum atomic E-state index is -0.132. The number of ether oxygens (including phenoxy) is 1. The highest BCUT2D eigenvalue weighted by Crippen LogP contribution is 2.38. The Balaban J connectivity index is 1.66. The standard InChI is InChI=1S/C26H31N3O2/c1-5-28-16-19(15-27-28)17-29(22-9-6-20(7-10-22)18(2)3)26(30)25-12-8-21-14-23(31-4)11-13-24(21)25/h6-7,9-11,13-16,18,25H,5,8,12,17H2,1-4H3. The molecule has 1 heterocycles. The number of anilines is 1. The van der Waals surface area contributed by atoms with E-state index in [4.69, 9.17) is 4.74 Å². The number of hydrogen-bond acceptors (Lipinski definition) is 3. The van der Waals surface area contributed by atoms with Gasteiger partial charge in [-0.05, 0) is 66.6 Å². The zero-order chi connectivity index (χ0) is 22.0. The highest BCUT2D eigenvalue weighted by Gasteiger charge is 2.33. The molecule has 2 aromatic carbocycles. The van der Waals surface area contributed by atoms with E-state index >= 15 is 0 Å². The van der Waals surface area contributed by atoms with E-state index in [1.54, 1.807) is 7.11 Å². The van der Waals surface area contributed by atoms with E-state index < -0.39 is 0 Å². The van der Waals surface area contributed by atoms with Crippen LogP contribution in [0, 0.1) is 0 Å². The molecule has 1 amide bonds. The predicted octanol–water partition coefficient (Wildman–Crippen LogP) is 5.30. The van der Waals surface area contributed by atoms with Crippen molar-refractivity contribution in [3.05, 3.63) is 77.1 Å². The maximum atomic E-state index is 13.8. The smallest absolute Gasteiger partial charge is 0.234 e. The van der Waals surface area contributed by atoms with Crippen LogP contribution >= 0.6 is 0 Å². The van der Waals surface area contributed by atoms with Gasteiger partial charge in [0.25, 0.3) is 0 Å². The molecule has 5 heteroatoms. The molecule has 0 aliphatic heterocycles. The summed E-state index contributed by atoms with van der Waals surface area (Å²) in [6.45, 7) is 7.76. The number of aryl methyl sites for hydroxylation is 2. The van der Waals surface area contributed by atoms with Crippen molar-refractivity contribution in [3.63, 3.8) is 0 Å². The van der Waals surface area contributed by atoms with Crippen LogP contribution in [0.5, 0.6) is 5.75 Å². The first-order valence-corrected chi connectivity index (χ1v) is 11.1. The van der Waals surface area contributed by atoms with Gasteiger partial charge in [0.2, 0.25) is 5.91 Å². The number of rotatable bonds is 7. The molecule has 1 atom stereocenters.